The van der Waals surface area contributed by atoms with Crippen molar-refractivity contribution >= 4 is 11.4 Å². The molecule has 1 aliphatic heterocycles. The third-order valence-corrected chi connectivity index (χ3v) is 4.33. The molecule has 0 saturated heterocycles. The quantitative estimate of drug-likeness (QED) is 0.692. The highest BCUT2D eigenvalue weighted by Crippen LogP contribution is 2.35. The fourth-order valence-electron chi connectivity index (χ4n) is 3.67. The van der Waals surface area contributed by atoms with Crippen molar-refractivity contribution in [2.45, 2.75) is 41.5 Å². The normalized spacial score (nSPS) is 14.0. The zero-order chi connectivity index (χ0) is 16.7. The molecule has 1 heterocycles. The number of anilines is 2. The minimum absolute atomic E-state index is 1.22. The average molecular weight is 305 g/mol. The van der Waals surface area contributed by atoms with E-state index in [1.54, 1.807) is 0 Å². The van der Waals surface area contributed by atoms with Crippen molar-refractivity contribution in [2.75, 3.05) is 9.80 Å². The predicted octanol–water partition coefficient (Wildman–Crippen LogP) is 5.33. The lowest BCUT2D eigenvalue weighted by Gasteiger charge is -2.25. The Bertz CT molecular complexity index is 675. The summed E-state index contributed by atoms with van der Waals surface area (Å²) in [5.41, 5.74) is 10.1. The lowest BCUT2D eigenvalue weighted by atomic mass is 10.0. The van der Waals surface area contributed by atoms with Crippen LogP contribution in [0.1, 0.15) is 33.4 Å². The largest absolute Gasteiger partial charge is 0.315 e. The third kappa shape index (κ3) is 2.86. The summed E-state index contributed by atoms with van der Waals surface area (Å²) >= 11 is 0. The van der Waals surface area contributed by atoms with Gasteiger partial charge in [0.2, 0.25) is 6.67 Å². The van der Waals surface area contributed by atoms with Crippen LogP contribution in [0.5, 0.6) is 0 Å². The Balaban J connectivity index is 1.93. The molecule has 2 aromatic carbocycles. The summed E-state index contributed by atoms with van der Waals surface area (Å²) in [6, 6.07) is 8.90. The van der Waals surface area contributed by atoms with Crippen LogP contribution >= 0.6 is 0 Å². The van der Waals surface area contributed by atoms with E-state index < -0.39 is 0 Å². The highest BCUT2D eigenvalue weighted by Gasteiger charge is 2.22. The van der Waals surface area contributed by atoms with Gasteiger partial charge in [0.25, 0.3) is 0 Å². The molecule has 118 valence electrons. The molecule has 0 spiro atoms. The van der Waals surface area contributed by atoms with Gasteiger partial charge >= 0.3 is 0 Å². The van der Waals surface area contributed by atoms with E-state index in [9.17, 15) is 0 Å². The van der Waals surface area contributed by atoms with Crippen LogP contribution in [0, 0.1) is 48.2 Å². The molecule has 0 atom stereocenters. The van der Waals surface area contributed by atoms with Crippen LogP contribution in [0.15, 0.2) is 36.7 Å². The Morgan fingerprint density at radius 3 is 1.17 bits per heavy atom. The van der Waals surface area contributed by atoms with Crippen molar-refractivity contribution < 1.29 is 0 Å². The van der Waals surface area contributed by atoms with E-state index in [4.69, 9.17) is 0 Å². The molecule has 0 aromatic heterocycles. The maximum Gasteiger partial charge on any atom is 0.217 e. The summed E-state index contributed by atoms with van der Waals surface area (Å²) in [6.07, 6.45) is 4.17. The van der Waals surface area contributed by atoms with E-state index in [0.29, 0.717) is 0 Å². The molecule has 2 radical (unpaired) electrons. The van der Waals surface area contributed by atoms with Crippen molar-refractivity contribution in [2.24, 2.45) is 0 Å². The van der Waals surface area contributed by atoms with Crippen molar-refractivity contribution in [3.05, 3.63) is 76.7 Å². The van der Waals surface area contributed by atoms with Gasteiger partial charge in [-0.2, -0.15) is 0 Å². The molecule has 0 N–H and O–H groups in total. The maximum absolute atomic E-state index is 3.48. The van der Waals surface area contributed by atoms with Crippen LogP contribution < -0.4 is 9.80 Å². The van der Waals surface area contributed by atoms with Gasteiger partial charge in [0.05, 0.1) is 0 Å². The first-order valence-corrected chi connectivity index (χ1v) is 8.05. The van der Waals surface area contributed by atoms with E-state index in [2.05, 4.69) is 94.7 Å². The van der Waals surface area contributed by atoms with Crippen LogP contribution in [0.25, 0.3) is 0 Å². The molecule has 3 rings (SSSR count). The number of rotatable bonds is 2. The number of benzene rings is 2. The SMILES string of the molecule is Cc1cc(C)c(N2C=CN(c3c(C)cc(C)cc3C)[13C]2)c(C)c1. The van der Waals surface area contributed by atoms with Gasteiger partial charge in [0.1, 0.15) is 0 Å². The van der Waals surface area contributed by atoms with Crippen LogP contribution in [0.3, 0.4) is 0 Å². The minimum Gasteiger partial charge on any atom is -0.315 e. The molecule has 2 heteroatoms. The summed E-state index contributed by atoms with van der Waals surface area (Å²) in [5.74, 6) is 0. The van der Waals surface area contributed by atoms with Crippen molar-refractivity contribution in [3.63, 3.8) is 0 Å². The standard InChI is InChI=1S/C21H24N2/c1-14-9-16(3)20(17(4)10-14)22-7-8-23(13-22)21-18(5)11-15(2)12-19(21)6/h7-12H,1-6H3/i13+1. The predicted molar refractivity (Wildman–Crippen MR) is 98.6 cm³/mol. The lowest BCUT2D eigenvalue weighted by Crippen LogP contribution is -2.21. The van der Waals surface area contributed by atoms with E-state index in [1.165, 1.54) is 44.8 Å². The lowest BCUT2D eigenvalue weighted by molar-refractivity contribution is 1.07. The number of aryl methyl sites for hydroxylation is 6. The molecule has 0 fully saturated rings. The topological polar surface area (TPSA) is 6.48 Å². The zero-order valence-corrected chi connectivity index (χ0v) is 14.9. The van der Waals surface area contributed by atoms with Crippen molar-refractivity contribution in [1.29, 1.82) is 0 Å². The first-order valence-electron chi connectivity index (χ1n) is 8.05. The highest BCUT2D eigenvalue weighted by atomic mass is 15.5. The molecule has 2 aromatic rings. The third-order valence-electron chi connectivity index (χ3n) is 4.33. The van der Waals surface area contributed by atoms with E-state index in [-0.39, 0.29) is 0 Å². The van der Waals surface area contributed by atoms with Crippen LogP contribution in [0.4, 0.5) is 11.4 Å². The molecule has 0 bridgehead atoms. The highest BCUT2D eigenvalue weighted by molar-refractivity contribution is 5.71. The van der Waals surface area contributed by atoms with Crippen LogP contribution in [-0.4, -0.2) is 0 Å². The monoisotopic (exact) mass is 305 g/mol. The first-order chi connectivity index (χ1) is 10.9. The molecule has 1 aliphatic rings. The number of hydrogen-bond donors (Lipinski definition) is 0. The Labute approximate surface area is 140 Å². The Hall–Kier alpha value is -2.22. The van der Waals surface area contributed by atoms with E-state index in [1.807, 2.05) is 0 Å². The second-order valence-corrected chi connectivity index (χ2v) is 6.63. The van der Waals surface area contributed by atoms with E-state index >= 15 is 0 Å². The molecular weight excluding hydrogens is 281 g/mol. The first kappa shape index (κ1) is 15.7. The molecular formula is C21H24N2. The molecule has 2 nitrogen and oxygen atoms in total. The van der Waals surface area contributed by atoms with Crippen molar-refractivity contribution in [3.8, 4) is 0 Å². The molecule has 23 heavy (non-hydrogen) atoms. The number of nitrogens with zero attached hydrogens (tertiary/aromatic N) is 2. The smallest absolute Gasteiger partial charge is 0.217 e. The minimum atomic E-state index is 1.22. The second-order valence-electron chi connectivity index (χ2n) is 6.63. The summed E-state index contributed by atoms with van der Waals surface area (Å²) < 4.78 is 0. The van der Waals surface area contributed by atoms with E-state index in [0.717, 1.165) is 0 Å². The second kappa shape index (κ2) is 5.77. The Kier molecular flexibility index (Phi) is 3.93. The zero-order valence-electron chi connectivity index (χ0n) is 14.9. The average Bonchev–Trinajstić information content (AvgIpc) is 2.85. The van der Waals surface area contributed by atoms with Gasteiger partial charge < -0.3 is 9.80 Å². The fourth-order valence-corrected chi connectivity index (χ4v) is 3.67. The summed E-state index contributed by atoms with van der Waals surface area (Å²) in [5, 5.41) is 0. The molecule has 0 aliphatic carbocycles. The van der Waals surface area contributed by atoms with Gasteiger partial charge in [-0.3, -0.25) is 0 Å². The van der Waals surface area contributed by atoms with Gasteiger partial charge in [-0.1, -0.05) is 35.4 Å². The molecule has 0 amide bonds. The van der Waals surface area contributed by atoms with Gasteiger partial charge in [0.15, 0.2) is 0 Å². The fraction of sp³-hybridized carbons (Fsp3) is 0.286. The summed E-state index contributed by atoms with van der Waals surface area (Å²) in [4.78, 5) is 4.20. The molecule has 0 unspecified atom stereocenters. The number of hydrogen-bond acceptors (Lipinski definition) is 2. The van der Waals surface area contributed by atoms with Crippen molar-refractivity contribution in [1.82, 2.24) is 0 Å². The summed E-state index contributed by atoms with van der Waals surface area (Å²) in [6.45, 7) is 16.4. The Morgan fingerprint density at radius 1 is 0.565 bits per heavy atom. The van der Waals surface area contributed by atoms with Crippen LogP contribution in [0.2, 0.25) is 0 Å². The van der Waals surface area contributed by atoms with Gasteiger partial charge in [-0.15, -0.1) is 0 Å². The molecule has 0 saturated carbocycles. The van der Waals surface area contributed by atoms with Gasteiger partial charge in [-0.25, -0.2) is 0 Å². The van der Waals surface area contributed by atoms with Gasteiger partial charge in [-0.05, 0) is 63.8 Å². The maximum atomic E-state index is 3.48. The Morgan fingerprint density at radius 2 is 0.870 bits per heavy atom. The summed E-state index contributed by atoms with van der Waals surface area (Å²) in [7, 11) is 0. The van der Waals surface area contributed by atoms with Crippen LogP contribution in [-0.2, 0) is 0 Å². The van der Waals surface area contributed by atoms with Gasteiger partial charge in [0, 0.05) is 23.8 Å².